The fourth-order valence-electron chi connectivity index (χ4n) is 2.29. The summed E-state index contributed by atoms with van der Waals surface area (Å²) in [4.78, 5) is 0. The SMILES string of the molecule is CCCNCc1cc(OC)ccc1-c1ccc(C)c(Cl)c1. The summed E-state index contributed by atoms with van der Waals surface area (Å²) in [6.07, 6.45) is 1.12. The molecule has 2 rings (SSSR count). The molecule has 0 unspecified atom stereocenters. The molecule has 0 fully saturated rings. The second kappa shape index (κ2) is 7.48. The summed E-state index contributed by atoms with van der Waals surface area (Å²) in [7, 11) is 1.70. The topological polar surface area (TPSA) is 21.3 Å². The van der Waals surface area contributed by atoms with Crippen molar-refractivity contribution in [1.29, 1.82) is 0 Å². The monoisotopic (exact) mass is 303 g/mol. The van der Waals surface area contributed by atoms with Crippen LogP contribution in [0.4, 0.5) is 0 Å². The summed E-state index contributed by atoms with van der Waals surface area (Å²) in [6.45, 7) is 6.01. The normalized spacial score (nSPS) is 10.7. The van der Waals surface area contributed by atoms with Gasteiger partial charge in [-0.05, 0) is 60.3 Å². The van der Waals surface area contributed by atoms with E-state index in [1.54, 1.807) is 7.11 Å². The molecule has 0 aliphatic heterocycles. The van der Waals surface area contributed by atoms with Gasteiger partial charge in [0.05, 0.1) is 7.11 Å². The third-order valence-corrected chi connectivity index (χ3v) is 3.94. The molecule has 112 valence electrons. The van der Waals surface area contributed by atoms with Crippen molar-refractivity contribution in [2.75, 3.05) is 13.7 Å². The van der Waals surface area contributed by atoms with Gasteiger partial charge in [-0.25, -0.2) is 0 Å². The molecule has 0 amide bonds. The molecule has 2 aromatic rings. The lowest BCUT2D eigenvalue weighted by Crippen LogP contribution is -2.14. The molecular formula is C18H22ClNO. The number of ether oxygens (including phenoxy) is 1. The lowest BCUT2D eigenvalue weighted by molar-refractivity contribution is 0.414. The van der Waals surface area contributed by atoms with Crippen molar-refractivity contribution in [3.63, 3.8) is 0 Å². The van der Waals surface area contributed by atoms with Gasteiger partial charge in [-0.15, -0.1) is 0 Å². The molecule has 0 aliphatic rings. The van der Waals surface area contributed by atoms with Gasteiger partial charge in [0.25, 0.3) is 0 Å². The number of hydrogen-bond acceptors (Lipinski definition) is 2. The Balaban J connectivity index is 2.38. The first kappa shape index (κ1) is 15.9. The summed E-state index contributed by atoms with van der Waals surface area (Å²) in [5.41, 5.74) is 4.66. The van der Waals surface area contributed by atoms with Gasteiger partial charge in [0.1, 0.15) is 5.75 Å². The number of benzene rings is 2. The van der Waals surface area contributed by atoms with Gasteiger partial charge in [0, 0.05) is 11.6 Å². The second-order valence-corrected chi connectivity index (χ2v) is 5.57. The summed E-state index contributed by atoms with van der Waals surface area (Å²) < 4.78 is 5.34. The lowest BCUT2D eigenvalue weighted by atomic mass is 9.98. The van der Waals surface area contributed by atoms with Gasteiger partial charge in [-0.2, -0.15) is 0 Å². The standard InChI is InChI=1S/C18H22ClNO/c1-4-9-20-12-15-10-16(21-3)7-8-17(15)14-6-5-13(2)18(19)11-14/h5-8,10-11,20H,4,9,12H2,1-3H3. The Labute approximate surface area is 132 Å². The summed E-state index contributed by atoms with van der Waals surface area (Å²) in [5, 5.41) is 4.25. The highest BCUT2D eigenvalue weighted by Crippen LogP contribution is 2.30. The quantitative estimate of drug-likeness (QED) is 0.772. The predicted molar refractivity (Wildman–Crippen MR) is 90.2 cm³/mol. The van der Waals surface area contributed by atoms with E-state index < -0.39 is 0 Å². The average Bonchev–Trinajstić information content (AvgIpc) is 2.50. The van der Waals surface area contributed by atoms with Crippen molar-refractivity contribution in [3.05, 3.63) is 52.5 Å². The molecule has 1 N–H and O–H groups in total. The van der Waals surface area contributed by atoms with E-state index in [1.165, 1.54) is 11.1 Å². The van der Waals surface area contributed by atoms with Crippen LogP contribution in [0.25, 0.3) is 11.1 Å². The maximum absolute atomic E-state index is 6.26. The third-order valence-electron chi connectivity index (χ3n) is 3.54. The van der Waals surface area contributed by atoms with Crippen molar-refractivity contribution < 1.29 is 4.74 Å². The Morgan fingerprint density at radius 3 is 2.62 bits per heavy atom. The maximum Gasteiger partial charge on any atom is 0.119 e. The van der Waals surface area contributed by atoms with Crippen LogP contribution in [0.15, 0.2) is 36.4 Å². The van der Waals surface area contributed by atoms with E-state index in [9.17, 15) is 0 Å². The van der Waals surface area contributed by atoms with Crippen molar-refractivity contribution in [2.24, 2.45) is 0 Å². The van der Waals surface area contributed by atoms with Gasteiger partial charge in [-0.3, -0.25) is 0 Å². The minimum absolute atomic E-state index is 0.802. The van der Waals surface area contributed by atoms with E-state index in [0.717, 1.165) is 41.4 Å². The Morgan fingerprint density at radius 2 is 1.95 bits per heavy atom. The molecular weight excluding hydrogens is 282 g/mol. The summed E-state index contributed by atoms with van der Waals surface area (Å²) in [6, 6.07) is 12.4. The second-order valence-electron chi connectivity index (χ2n) is 5.16. The molecule has 0 spiro atoms. The summed E-state index contributed by atoms with van der Waals surface area (Å²) in [5.74, 6) is 0.880. The Hall–Kier alpha value is -1.51. The van der Waals surface area contributed by atoms with E-state index in [4.69, 9.17) is 16.3 Å². The van der Waals surface area contributed by atoms with Crippen LogP contribution in [0.5, 0.6) is 5.75 Å². The molecule has 0 aromatic heterocycles. The van der Waals surface area contributed by atoms with Gasteiger partial charge in [0.2, 0.25) is 0 Å². The lowest BCUT2D eigenvalue weighted by Gasteiger charge is -2.13. The molecule has 0 heterocycles. The molecule has 2 aromatic carbocycles. The molecule has 0 atom stereocenters. The molecule has 21 heavy (non-hydrogen) atoms. The van der Waals surface area contributed by atoms with Crippen molar-refractivity contribution in [3.8, 4) is 16.9 Å². The maximum atomic E-state index is 6.26. The first-order valence-corrected chi connectivity index (χ1v) is 7.67. The van der Waals surface area contributed by atoms with Gasteiger partial charge >= 0.3 is 0 Å². The Bertz CT molecular complexity index is 610. The van der Waals surface area contributed by atoms with Crippen molar-refractivity contribution in [2.45, 2.75) is 26.8 Å². The average molecular weight is 304 g/mol. The number of hydrogen-bond donors (Lipinski definition) is 1. The summed E-state index contributed by atoms with van der Waals surface area (Å²) >= 11 is 6.26. The van der Waals surface area contributed by atoms with E-state index in [1.807, 2.05) is 19.1 Å². The molecule has 0 bridgehead atoms. The number of nitrogens with one attached hydrogen (secondary N) is 1. The van der Waals surface area contributed by atoms with Gasteiger partial charge in [-0.1, -0.05) is 36.7 Å². The highest BCUT2D eigenvalue weighted by Gasteiger charge is 2.08. The molecule has 0 aliphatic carbocycles. The first-order chi connectivity index (χ1) is 10.2. The molecule has 3 heteroatoms. The Kier molecular flexibility index (Phi) is 5.66. The highest BCUT2D eigenvalue weighted by atomic mass is 35.5. The largest absolute Gasteiger partial charge is 0.497 e. The molecule has 2 nitrogen and oxygen atoms in total. The van der Waals surface area contributed by atoms with E-state index >= 15 is 0 Å². The Morgan fingerprint density at radius 1 is 1.14 bits per heavy atom. The van der Waals surface area contributed by atoms with Crippen LogP contribution in [0, 0.1) is 6.92 Å². The van der Waals surface area contributed by atoms with E-state index in [2.05, 4.69) is 36.5 Å². The van der Waals surface area contributed by atoms with Gasteiger partial charge in [0.15, 0.2) is 0 Å². The minimum Gasteiger partial charge on any atom is -0.497 e. The van der Waals surface area contributed by atoms with E-state index in [-0.39, 0.29) is 0 Å². The molecule has 0 radical (unpaired) electrons. The van der Waals surface area contributed by atoms with Crippen LogP contribution in [0.2, 0.25) is 5.02 Å². The number of halogens is 1. The minimum atomic E-state index is 0.802. The smallest absolute Gasteiger partial charge is 0.119 e. The van der Waals surface area contributed by atoms with Crippen LogP contribution >= 0.6 is 11.6 Å². The fraction of sp³-hybridized carbons (Fsp3) is 0.333. The van der Waals surface area contributed by atoms with Crippen molar-refractivity contribution >= 4 is 11.6 Å². The fourth-order valence-corrected chi connectivity index (χ4v) is 2.47. The zero-order chi connectivity index (χ0) is 15.2. The van der Waals surface area contributed by atoms with Crippen LogP contribution in [0.1, 0.15) is 24.5 Å². The molecule has 0 saturated heterocycles. The van der Waals surface area contributed by atoms with Crippen LogP contribution < -0.4 is 10.1 Å². The first-order valence-electron chi connectivity index (χ1n) is 7.30. The zero-order valence-electron chi connectivity index (χ0n) is 12.9. The van der Waals surface area contributed by atoms with E-state index in [0.29, 0.717) is 0 Å². The number of methoxy groups -OCH3 is 1. The highest BCUT2D eigenvalue weighted by molar-refractivity contribution is 6.31. The van der Waals surface area contributed by atoms with Crippen LogP contribution in [0.3, 0.4) is 0 Å². The van der Waals surface area contributed by atoms with Crippen molar-refractivity contribution in [1.82, 2.24) is 5.32 Å². The molecule has 0 saturated carbocycles. The predicted octanol–water partition coefficient (Wildman–Crippen LogP) is 4.82. The zero-order valence-corrected chi connectivity index (χ0v) is 13.6. The van der Waals surface area contributed by atoms with Crippen LogP contribution in [-0.2, 0) is 6.54 Å². The van der Waals surface area contributed by atoms with Crippen LogP contribution in [-0.4, -0.2) is 13.7 Å². The van der Waals surface area contributed by atoms with Gasteiger partial charge < -0.3 is 10.1 Å². The number of aryl methyl sites for hydroxylation is 1. The number of rotatable bonds is 6. The third kappa shape index (κ3) is 3.99.